The number of nitrogens with two attached hydrogens (primary N) is 2. The van der Waals surface area contributed by atoms with Crippen LogP contribution < -0.4 is 59.7 Å². The lowest BCUT2D eigenvalue weighted by Crippen LogP contribution is -2.33. The van der Waals surface area contributed by atoms with E-state index in [0.29, 0.717) is 127 Å². The van der Waals surface area contributed by atoms with E-state index in [1.54, 1.807) is 68.8 Å². The second kappa shape index (κ2) is 53.6. The first-order valence-corrected chi connectivity index (χ1v) is 59.9. The number of ether oxygens (including phenoxy) is 4. The van der Waals surface area contributed by atoms with Gasteiger partial charge in [-0.2, -0.15) is 26.0 Å². The van der Waals surface area contributed by atoms with Gasteiger partial charge in [0.25, 0.3) is 31.4 Å². The molecule has 2 saturated heterocycles. The molecule has 149 heavy (non-hydrogen) atoms. The molecule has 0 spiro atoms. The van der Waals surface area contributed by atoms with Gasteiger partial charge in [0.1, 0.15) is 56.9 Å². The Morgan fingerprint density at radius 1 is 0.523 bits per heavy atom. The number of allylic oxidation sites excluding steroid dienone is 8. The Morgan fingerprint density at radius 3 is 1.28 bits per heavy atom. The van der Waals surface area contributed by atoms with E-state index in [0.717, 1.165) is 100 Å². The summed E-state index contributed by atoms with van der Waals surface area (Å²) in [5, 5.41) is 8.60. The molecule has 0 radical (unpaired) electrons. The Morgan fingerprint density at radius 2 is 0.906 bits per heavy atom. The SMILES string of the molecule is C=CCOC1CC(n2cc(C#CCN)c(=O)[nH]c2=O)OC1CC.C=CCOC1CC(n2cc(C#CCNC(=O)CCSSCCNC(=O)CCCCC[N+]3=C(/C=C/C=C4/N(CC)c5ccc(S(=O)(=O)O)cc5C4(C)C)C(C)(C)c4cc(S(=O)(=O)[O-])ccc43)c(=O)[nH]c2=O)OC1CC.CCN1/C(=C/C=C/C2=[N+](CCCCCC(=O)NCCSSCCC(N)=O)c3ccc(S(=O)(=O)[O-])cc3C2(C)C)C(C)(C)c2cc(S(=O)(=O)O)ccc21. The van der Waals surface area contributed by atoms with Crippen molar-refractivity contribution in [3.63, 3.8) is 0 Å². The van der Waals surface area contributed by atoms with Crippen molar-refractivity contribution in [3.05, 3.63) is 233 Å². The van der Waals surface area contributed by atoms with Crippen LogP contribution in [0.5, 0.6) is 0 Å². The highest BCUT2D eigenvalue weighted by Crippen LogP contribution is 2.51. The number of likely N-dealkylation sites (N-methyl/N-ethyl adjacent to an activating group) is 2. The topological polar surface area (TPSA) is 539 Å². The van der Waals surface area contributed by atoms with Gasteiger partial charge in [0.05, 0.1) is 81.1 Å². The summed E-state index contributed by atoms with van der Waals surface area (Å²) in [6.45, 7) is 35.5. The van der Waals surface area contributed by atoms with E-state index in [2.05, 4.69) is 81.7 Å². The third-order valence-electron chi connectivity index (χ3n) is 26.4. The first-order chi connectivity index (χ1) is 70.4. The number of carbonyl (C=O) groups excluding carboxylic acids is 4. The average Bonchev–Trinajstić information content (AvgIpc) is 1.59. The van der Waals surface area contributed by atoms with E-state index < -0.39 is 97.1 Å². The normalized spacial score (nSPS) is 19.2. The number of nitrogens with one attached hydrogen (secondary N) is 5. The number of aromatic nitrogens is 4. The Labute approximate surface area is 887 Å². The molecular formula is C104H135N13O24S8. The molecule has 8 heterocycles. The molecule has 4 amide bonds. The highest BCUT2D eigenvalue weighted by Gasteiger charge is 2.49. The summed E-state index contributed by atoms with van der Waals surface area (Å²) in [5.74, 6) is 12.7. The number of amides is 4. The summed E-state index contributed by atoms with van der Waals surface area (Å²) in [6, 6.07) is 18.2. The van der Waals surface area contributed by atoms with Crippen molar-refractivity contribution in [2.75, 3.05) is 98.4 Å². The van der Waals surface area contributed by atoms with Crippen molar-refractivity contribution < 1.29 is 99.2 Å². The first kappa shape index (κ1) is 120. The number of fused-ring (bicyclic) bond motifs is 4. The number of nitrogens with zero attached hydrogens (tertiary/aromatic N) is 6. The Kier molecular flexibility index (Phi) is 43.3. The van der Waals surface area contributed by atoms with E-state index in [1.807, 2.05) is 120 Å². The summed E-state index contributed by atoms with van der Waals surface area (Å²) >= 11 is 0. The van der Waals surface area contributed by atoms with Crippen molar-refractivity contribution in [1.82, 2.24) is 35.1 Å². The van der Waals surface area contributed by atoms with E-state index in [-0.39, 0.29) is 98.3 Å². The summed E-state index contributed by atoms with van der Waals surface area (Å²) in [7, 11) is -12.0. The minimum atomic E-state index is -4.71. The Bertz CT molecular complexity index is 7040. The van der Waals surface area contributed by atoms with Crippen LogP contribution >= 0.6 is 43.2 Å². The number of carbonyl (C=O) groups is 4. The maximum Gasteiger partial charge on any atom is 0.330 e. The van der Waals surface area contributed by atoms with Gasteiger partial charge in [0, 0.05) is 182 Å². The summed E-state index contributed by atoms with van der Waals surface area (Å²) in [4.78, 5) is 105. The molecular weight excluding hydrogens is 2070 g/mol. The molecule has 2 aromatic heterocycles. The van der Waals surface area contributed by atoms with Crippen LogP contribution in [0.3, 0.4) is 0 Å². The van der Waals surface area contributed by atoms with Crippen molar-refractivity contribution in [1.29, 1.82) is 0 Å². The van der Waals surface area contributed by atoms with Crippen molar-refractivity contribution in [2.24, 2.45) is 11.5 Å². The lowest BCUT2D eigenvalue weighted by Gasteiger charge is -2.25. The van der Waals surface area contributed by atoms with Gasteiger partial charge in [0.2, 0.25) is 35.0 Å². The molecule has 808 valence electrons. The van der Waals surface area contributed by atoms with E-state index in [1.165, 1.54) is 80.9 Å². The quantitative estimate of drug-likeness (QED) is 0.00428. The fraction of sp³-hybridized carbons (Fsp3) is 0.481. The van der Waals surface area contributed by atoms with Gasteiger partial charge in [-0.15, -0.1) is 13.2 Å². The molecule has 0 saturated carbocycles. The molecule has 0 bridgehead atoms. The second-order valence-corrected chi connectivity index (χ2v) is 48.9. The molecule has 6 unspecified atom stereocenters. The molecule has 2 fully saturated rings. The van der Waals surface area contributed by atoms with Crippen LogP contribution in [0.1, 0.15) is 219 Å². The monoisotopic (exact) mass is 2210 g/mol. The fourth-order valence-electron chi connectivity index (χ4n) is 18.8. The molecule has 0 aliphatic carbocycles. The zero-order valence-corrected chi connectivity index (χ0v) is 92.4. The number of unbranched alkanes of at least 4 members (excludes halogenated alkanes) is 4. The molecule has 12 rings (SSSR count). The molecule has 6 aromatic rings. The van der Waals surface area contributed by atoms with Crippen LogP contribution in [-0.2, 0) is 100 Å². The number of anilines is 2. The van der Waals surface area contributed by atoms with E-state index >= 15 is 0 Å². The van der Waals surface area contributed by atoms with Crippen LogP contribution in [0.25, 0.3) is 0 Å². The Balaban J connectivity index is 0.000000260. The number of hydrogen-bond donors (Lipinski definition) is 9. The largest absolute Gasteiger partial charge is 0.744 e. The van der Waals surface area contributed by atoms with Gasteiger partial charge >= 0.3 is 11.4 Å². The van der Waals surface area contributed by atoms with E-state index in [4.69, 9.17) is 30.4 Å². The van der Waals surface area contributed by atoms with Crippen LogP contribution in [-0.4, -0.2) is 228 Å². The van der Waals surface area contributed by atoms with Crippen LogP contribution in [0.2, 0.25) is 0 Å². The average molecular weight is 2210 g/mol. The summed E-state index contributed by atoms with van der Waals surface area (Å²) < 4.78 is 170. The molecule has 6 aliphatic heterocycles. The second-order valence-electron chi connectivity index (χ2n) is 37.9. The zero-order chi connectivity index (χ0) is 109. The number of rotatable bonds is 47. The zero-order valence-electron chi connectivity index (χ0n) is 85.9. The van der Waals surface area contributed by atoms with Crippen LogP contribution in [0, 0.1) is 23.7 Å². The fourth-order valence-corrected chi connectivity index (χ4v) is 24.6. The van der Waals surface area contributed by atoms with Crippen molar-refractivity contribution >= 4 is 141 Å². The first-order valence-electron chi connectivity index (χ1n) is 49.2. The van der Waals surface area contributed by atoms with Gasteiger partial charge in [-0.05, 0) is 164 Å². The lowest BCUT2D eigenvalue weighted by molar-refractivity contribution is -0.438. The van der Waals surface area contributed by atoms with Crippen LogP contribution in [0.4, 0.5) is 22.7 Å². The summed E-state index contributed by atoms with van der Waals surface area (Å²) in [6.07, 6.45) is 24.2. The number of aromatic amines is 2. The molecule has 11 N–H and O–H groups in total. The highest BCUT2D eigenvalue weighted by atomic mass is 33.1. The van der Waals surface area contributed by atoms with Crippen molar-refractivity contribution in [2.45, 2.75) is 251 Å². The number of hydrogen-bond acceptors (Lipinski definition) is 29. The third-order valence-corrected chi connectivity index (χ3v) is 34.6. The highest BCUT2D eigenvalue weighted by molar-refractivity contribution is 8.77. The lowest BCUT2D eigenvalue weighted by atomic mass is 9.81. The summed E-state index contributed by atoms with van der Waals surface area (Å²) in [5.41, 5.74) is 15.8. The smallest absolute Gasteiger partial charge is 0.330 e. The van der Waals surface area contributed by atoms with Gasteiger partial charge in [-0.3, -0.25) is 57.0 Å². The number of benzene rings is 4. The molecule has 6 aliphatic rings. The standard InChI is InChI=1S/C52H66N6O12S4.C36H48N4O8S4.C16H21N3O4/c1-8-28-69-43-33-48(70-42(43)9-2)58-34-35(49(61)55-50(58)62)16-15-25-53-47(60)24-29-71-72-30-26-54-46(59)19-12-11-13-27-57-41-23-21-37(74(66,67)68)32-39(41)52(6,7)45(57)18-14-17-44-51(4,5)38-31-36(73(63,64)65)20-22-40(38)56(44)10-3;1-6-39-29-16-14-25(51(43,44)45)23-27(29)35(2,3)31(39)11-10-12-32-36(4,5)28-24-26(52(46,47)48)15-17-30(28)40(32)20-9-7-8-13-34(42)38-19-22-50-49-21-18-33(37)41;1-3-8-22-13-9-14(23-12(13)4-2)19-10-11(6-5-7-17)15(20)18-16(19)21/h8,14,17-18,20-23,31-32,34,42-43,48H,1,9-13,19,24-30,33H2,2-7H3,(H4-,53,54,55,59,60,61,62,63,64,65,66,67,68);10-12,14-17,23-24H,6-9,13,18-22H2,1-5H3,(H4-,37,38,41,42,43,44,45,46,47,48);3,10,12-14H,1,4,7-9,17H2,2H3,(H,18,20,21). The maximum absolute atomic E-state index is 12.7. The molecule has 6 atom stereocenters. The maximum atomic E-state index is 12.7. The van der Waals surface area contributed by atoms with Gasteiger partial charge in [-0.25, -0.2) is 26.4 Å². The Hall–Kier alpha value is -10.5. The number of H-pyrrole nitrogens is 2. The molecule has 4 aromatic carbocycles. The van der Waals surface area contributed by atoms with Crippen LogP contribution in [0.15, 0.2) is 197 Å². The molecule has 37 nitrogen and oxygen atoms in total. The van der Waals surface area contributed by atoms with Gasteiger partial charge in [-0.1, -0.05) is 133 Å². The molecule has 45 heteroatoms. The minimum Gasteiger partial charge on any atom is -0.744 e. The van der Waals surface area contributed by atoms with Crippen molar-refractivity contribution in [3.8, 4) is 23.7 Å². The van der Waals surface area contributed by atoms with Gasteiger partial charge < -0.3 is 65.3 Å². The van der Waals surface area contributed by atoms with Gasteiger partial charge in [0.15, 0.2) is 11.4 Å². The minimum absolute atomic E-state index is 0.0114. The third kappa shape index (κ3) is 31.2. The van der Waals surface area contributed by atoms with E-state index in [9.17, 15) is 90.2 Å². The predicted molar refractivity (Wildman–Crippen MR) is 581 cm³/mol. The number of primary amides is 1. The predicted octanol–water partition coefficient (Wildman–Crippen LogP) is 11.7.